The molecule has 0 aliphatic rings. The van der Waals surface area contributed by atoms with E-state index in [4.69, 9.17) is 34.4 Å². The number of aliphatic imine (C=N–C) groups is 2. The molecular weight excluding hydrogens is 526 g/mol. The molecule has 0 aromatic heterocycles. The molecule has 0 aromatic carbocycles. The zero-order chi connectivity index (χ0) is 30.8. The van der Waals surface area contributed by atoms with Crippen LogP contribution in [0.5, 0.6) is 0 Å². The number of amides is 4. The molecule has 17 nitrogen and oxygen atoms in total. The van der Waals surface area contributed by atoms with Crippen molar-refractivity contribution in [3.8, 4) is 0 Å². The number of hydrogen-bond donors (Lipinski definition) is 10. The van der Waals surface area contributed by atoms with E-state index in [2.05, 4.69) is 25.9 Å². The van der Waals surface area contributed by atoms with Gasteiger partial charge in [-0.2, -0.15) is 0 Å². The number of carboxylic acids is 1. The molecule has 0 saturated carbocycles. The van der Waals surface area contributed by atoms with E-state index in [1.165, 1.54) is 0 Å². The van der Waals surface area contributed by atoms with Crippen LogP contribution < -0.4 is 50.4 Å². The number of rotatable bonds is 20. The fraction of sp³-hybridized carbons (Fsp3) is 0.696. The minimum absolute atomic E-state index is 0.0708. The summed E-state index contributed by atoms with van der Waals surface area (Å²) in [6, 6.07) is -4.58. The summed E-state index contributed by atoms with van der Waals surface area (Å²) in [6.45, 7) is 4.07. The normalized spacial score (nSPS) is 13.7. The van der Waals surface area contributed by atoms with Gasteiger partial charge in [-0.15, -0.1) is 0 Å². The Labute approximate surface area is 233 Å². The lowest BCUT2D eigenvalue weighted by Gasteiger charge is -2.26. The van der Waals surface area contributed by atoms with Crippen molar-refractivity contribution < 1.29 is 29.1 Å². The average Bonchev–Trinajstić information content (AvgIpc) is 2.84. The number of hydrogen-bond acceptors (Lipinski definition) is 8. The molecule has 228 valence electrons. The van der Waals surface area contributed by atoms with Crippen molar-refractivity contribution in [2.45, 2.75) is 83.0 Å². The van der Waals surface area contributed by atoms with Crippen molar-refractivity contribution in [1.29, 1.82) is 0 Å². The van der Waals surface area contributed by atoms with E-state index in [1.54, 1.807) is 0 Å². The molecular formula is C23H45N11O6. The summed E-state index contributed by atoms with van der Waals surface area (Å²) in [5, 5.41) is 17.0. The molecule has 0 rings (SSSR count). The molecule has 0 spiro atoms. The number of guanidine groups is 2. The Morgan fingerprint density at radius 3 is 1.65 bits per heavy atom. The molecule has 0 aliphatic heterocycles. The van der Waals surface area contributed by atoms with Gasteiger partial charge in [0.2, 0.25) is 23.6 Å². The first-order chi connectivity index (χ1) is 18.6. The summed E-state index contributed by atoms with van der Waals surface area (Å²) in [5.41, 5.74) is 32.3. The van der Waals surface area contributed by atoms with Crippen molar-refractivity contribution in [1.82, 2.24) is 16.0 Å². The van der Waals surface area contributed by atoms with E-state index >= 15 is 0 Å². The van der Waals surface area contributed by atoms with Crippen LogP contribution in [0, 0.1) is 5.92 Å². The monoisotopic (exact) mass is 571 g/mol. The van der Waals surface area contributed by atoms with Crippen LogP contribution in [0.25, 0.3) is 0 Å². The number of carbonyl (C=O) groups is 5. The Morgan fingerprint density at radius 2 is 1.18 bits per heavy atom. The molecule has 0 fully saturated rings. The molecule has 17 heteroatoms. The lowest BCUT2D eigenvalue weighted by molar-refractivity contribution is -0.142. The third kappa shape index (κ3) is 16.6. The van der Waals surface area contributed by atoms with Gasteiger partial charge in [-0.25, -0.2) is 4.79 Å². The van der Waals surface area contributed by atoms with Crippen LogP contribution in [0.4, 0.5) is 0 Å². The van der Waals surface area contributed by atoms with Crippen LogP contribution in [0.3, 0.4) is 0 Å². The number of nitrogens with one attached hydrogen (secondary N) is 3. The maximum absolute atomic E-state index is 13.2. The molecule has 0 heterocycles. The van der Waals surface area contributed by atoms with Gasteiger partial charge in [0.05, 0.1) is 6.04 Å². The number of nitrogens with two attached hydrogens (primary N) is 6. The summed E-state index contributed by atoms with van der Waals surface area (Å²) < 4.78 is 0. The maximum atomic E-state index is 13.2. The fourth-order valence-electron chi connectivity index (χ4n) is 3.49. The highest BCUT2D eigenvalue weighted by molar-refractivity contribution is 5.94. The van der Waals surface area contributed by atoms with E-state index in [0.29, 0.717) is 12.8 Å². The van der Waals surface area contributed by atoms with Gasteiger partial charge >= 0.3 is 5.97 Å². The van der Waals surface area contributed by atoms with E-state index in [1.807, 2.05) is 13.8 Å². The standard InChI is InChI=1S/C23H45N11O6/c1-12(2)11-16(20(38)33-15(21(39)40)7-8-17(25)35)34-19(37)14(6-4-10-31-23(28)29)32-18(36)13(24)5-3-9-30-22(26)27/h12-16H,3-11,24H2,1-2H3,(H2,25,35)(H,32,36)(H,33,38)(H,34,37)(H,39,40)(H4,26,27,30)(H4,28,29,31). The number of nitrogens with zero attached hydrogens (tertiary/aromatic N) is 2. The number of carbonyl (C=O) groups excluding carboxylic acids is 4. The van der Waals surface area contributed by atoms with E-state index in [0.717, 1.165) is 0 Å². The maximum Gasteiger partial charge on any atom is 0.326 e. The summed E-state index contributed by atoms with van der Waals surface area (Å²) >= 11 is 0. The quantitative estimate of drug-likeness (QED) is 0.0384. The topological polar surface area (TPSA) is 323 Å². The SMILES string of the molecule is CC(C)CC(NC(=O)C(CCCN=C(N)N)NC(=O)C(N)CCCN=C(N)N)C(=O)NC(CCC(N)=O)C(=O)O. The summed E-state index contributed by atoms with van der Waals surface area (Å²) in [4.78, 5) is 69.3. The average molecular weight is 572 g/mol. The molecule has 0 aromatic rings. The van der Waals surface area contributed by atoms with Crippen LogP contribution in [0.1, 0.15) is 58.8 Å². The summed E-state index contributed by atoms with van der Waals surface area (Å²) in [6.07, 6.45) is 0.777. The molecule has 0 bridgehead atoms. The van der Waals surface area contributed by atoms with E-state index < -0.39 is 53.8 Å². The Bertz CT molecular complexity index is 917. The third-order valence-corrected chi connectivity index (χ3v) is 5.52. The van der Waals surface area contributed by atoms with E-state index in [-0.39, 0.29) is 63.0 Å². The van der Waals surface area contributed by atoms with Crippen molar-refractivity contribution in [2.24, 2.45) is 50.3 Å². The van der Waals surface area contributed by atoms with Gasteiger partial charge in [-0.3, -0.25) is 29.2 Å². The molecule has 4 unspecified atom stereocenters. The Morgan fingerprint density at radius 1 is 0.700 bits per heavy atom. The smallest absolute Gasteiger partial charge is 0.326 e. The van der Waals surface area contributed by atoms with Crippen LogP contribution in [-0.2, 0) is 24.0 Å². The first-order valence-corrected chi connectivity index (χ1v) is 12.9. The van der Waals surface area contributed by atoms with Crippen LogP contribution in [-0.4, -0.2) is 83.9 Å². The van der Waals surface area contributed by atoms with Crippen molar-refractivity contribution >= 4 is 41.5 Å². The highest BCUT2D eigenvalue weighted by atomic mass is 16.4. The van der Waals surface area contributed by atoms with Crippen molar-refractivity contribution in [3.63, 3.8) is 0 Å². The molecule has 4 atom stereocenters. The van der Waals surface area contributed by atoms with Gasteiger partial charge < -0.3 is 55.5 Å². The Hall–Kier alpha value is -4.15. The Kier molecular flexibility index (Phi) is 17.0. The highest BCUT2D eigenvalue weighted by Gasteiger charge is 2.30. The van der Waals surface area contributed by atoms with Gasteiger partial charge in [0, 0.05) is 19.5 Å². The molecule has 4 amide bonds. The van der Waals surface area contributed by atoms with Crippen LogP contribution in [0.2, 0.25) is 0 Å². The van der Waals surface area contributed by atoms with Gasteiger partial charge in [0.1, 0.15) is 18.1 Å². The predicted molar refractivity (Wildman–Crippen MR) is 149 cm³/mol. The zero-order valence-electron chi connectivity index (χ0n) is 23.1. The van der Waals surface area contributed by atoms with Gasteiger partial charge in [-0.1, -0.05) is 13.8 Å². The van der Waals surface area contributed by atoms with E-state index in [9.17, 15) is 29.1 Å². The molecule has 0 saturated heterocycles. The largest absolute Gasteiger partial charge is 0.480 e. The second-order valence-electron chi connectivity index (χ2n) is 9.66. The lowest BCUT2D eigenvalue weighted by Crippen LogP contribution is -2.57. The second-order valence-corrected chi connectivity index (χ2v) is 9.66. The van der Waals surface area contributed by atoms with Gasteiger partial charge in [0.15, 0.2) is 11.9 Å². The van der Waals surface area contributed by atoms with Gasteiger partial charge in [-0.05, 0) is 44.4 Å². The minimum Gasteiger partial charge on any atom is -0.480 e. The Balaban J connectivity index is 5.60. The first-order valence-electron chi connectivity index (χ1n) is 12.9. The summed E-state index contributed by atoms with van der Waals surface area (Å²) in [7, 11) is 0. The molecule has 0 aliphatic carbocycles. The fourth-order valence-corrected chi connectivity index (χ4v) is 3.49. The minimum atomic E-state index is -1.39. The summed E-state index contributed by atoms with van der Waals surface area (Å²) in [5.74, 6) is -4.42. The van der Waals surface area contributed by atoms with Gasteiger partial charge in [0.25, 0.3) is 0 Å². The number of carboxylic acid groups (broad SMARTS) is 1. The third-order valence-electron chi connectivity index (χ3n) is 5.52. The molecule has 16 N–H and O–H groups in total. The second kappa shape index (κ2) is 19.0. The lowest BCUT2D eigenvalue weighted by atomic mass is 10.0. The predicted octanol–water partition coefficient (Wildman–Crippen LogP) is -3.73. The number of aliphatic carboxylic acids is 1. The van der Waals surface area contributed by atoms with Crippen molar-refractivity contribution in [3.05, 3.63) is 0 Å². The molecule has 0 radical (unpaired) electrons. The van der Waals surface area contributed by atoms with Crippen LogP contribution >= 0.6 is 0 Å². The number of primary amides is 1. The molecule has 40 heavy (non-hydrogen) atoms. The highest BCUT2D eigenvalue weighted by Crippen LogP contribution is 2.09. The van der Waals surface area contributed by atoms with Crippen LogP contribution in [0.15, 0.2) is 9.98 Å². The van der Waals surface area contributed by atoms with Crippen molar-refractivity contribution in [2.75, 3.05) is 13.1 Å². The first kappa shape index (κ1) is 35.9. The zero-order valence-corrected chi connectivity index (χ0v) is 23.1.